The van der Waals surface area contributed by atoms with E-state index in [2.05, 4.69) is 17.6 Å². The zero-order valence-electron chi connectivity index (χ0n) is 10.6. The zero-order chi connectivity index (χ0) is 13.0. The minimum atomic E-state index is 0.147. The van der Waals surface area contributed by atoms with Gasteiger partial charge >= 0.3 is 0 Å². The lowest BCUT2D eigenvalue weighted by Gasteiger charge is -2.14. The van der Waals surface area contributed by atoms with Crippen LogP contribution < -0.4 is 10.6 Å². The first kappa shape index (κ1) is 13.4. The molecule has 0 saturated heterocycles. The minimum absolute atomic E-state index is 0.147. The van der Waals surface area contributed by atoms with E-state index >= 15 is 0 Å². The summed E-state index contributed by atoms with van der Waals surface area (Å²) in [4.78, 5) is 11.5. The highest BCUT2D eigenvalue weighted by atomic mass is 35.5. The van der Waals surface area contributed by atoms with Gasteiger partial charge in [-0.15, -0.1) is 0 Å². The number of carbonyl (C=O) groups is 1. The second kappa shape index (κ2) is 6.21. The van der Waals surface area contributed by atoms with Crippen molar-refractivity contribution in [3.05, 3.63) is 34.9 Å². The van der Waals surface area contributed by atoms with Crippen LogP contribution >= 0.6 is 11.6 Å². The van der Waals surface area contributed by atoms with Gasteiger partial charge in [-0.05, 0) is 37.5 Å². The fourth-order valence-corrected chi connectivity index (χ4v) is 1.93. The number of hydrogen-bond donors (Lipinski definition) is 2. The van der Waals surface area contributed by atoms with Gasteiger partial charge in [0, 0.05) is 30.1 Å². The van der Waals surface area contributed by atoms with Crippen molar-refractivity contribution >= 4 is 17.5 Å². The third kappa shape index (κ3) is 4.31. The van der Waals surface area contributed by atoms with Crippen molar-refractivity contribution in [2.75, 3.05) is 6.54 Å². The highest BCUT2D eigenvalue weighted by Crippen LogP contribution is 2.18. The zero-order valence-corrected chi connectivity index (χ0v) is 11.3. The molecule has 2 N–H and O–H groups in total. The van der Waals surface area contributed by atoms with E-state index in [1.54, 1.807) is 0 Å². The van der Waals surface area contributed by atoms with Crippen LogP contribution in [0.25, 0.3) is 0 Å². The molecular weight excluding hydrogens is 248 g/mol. The molecule has 3 nitrogen and oxygen atoms in total. The Hall–Kier alpha value is -1.06. The Kier molecular flexibility index (Phi) is 4.61. The van der Waals surface area contributed by atoms with E-state index in [-0.39, 0.29) is 11.9 Å². The van der Waals surface area contributed by atoms with Gasteiger partial charge in [-0.3, -0.25) is 4.79 Å². The second-order valence-electron chi connectivity index (χ2n) is 4.82. The summed E-state index contributed by atoms with van der Waals surface area (Å²) in [6.07, 6.45) is 2.81. The van der Waals surface area contributed by atoms with E-state index in [1.165, 1.54) is 5.56 Å². The standard InChI is InChI=1S/C14H19ClN2O/c1-10(11-2-4-12(15)5-3-11)16-9-8-14(18)17-13-6-7-13/h2-5,10,13,16H,6-9H2,1H3,(H,17,18)/t10-/m0/s1. The molecule has 4 heteroatoms. The van der Waals surface area contributed by atoms with Gasteiger partial charge < -0.3 is 10.6 Å². The summed E-state index contributed by atoms with van der Waals surface area (Å²) in [7, 11) is 0. The summed E-state index contributed by atoms with van der Waals surface area (Å²) >= 11 is 5.84. The van der Waals surface area contributed by atoms with Crippen LogP contribution in [0, 0.1) is 0 Å². The third-order valence-corrected chi connectivity index (χ3v) is 3.37. The molecule has 0 radical (unpaired) electrons. The molecule has 1 aliphatic rings. The van der Waals surface area contributed by atoms with Crippen molar-refractivity contribution in [1.29, 1.82) is 0 Å². The summed E-state index contributed by atoms with van der Waals surface area (Å²) < 4.78 is 0. The quantitative estimate of drug-likeness (QED) is 0.831. The maximum absolute atomic E-state index is 11.5. The van der Waals surface area contributed by atoms with Crippen molar-refractivity contribution in [2.24, 2.45) is 0 Å². The molecule has 98 valence electrons. The normalized spacial score (nSPS) is 16.3. The summed E-state index contributed by atoms with van der Waals surface area (Å²) in [6.45, 7) is 2.78. The molecule has 0 bridgehead atoms. The van der Waals surface area contributed by atoms with Gasteiger partial charge in [-0.2, -0.15) is 0 Å². The molecule has 0 unspecified atom stereocenters. The van der Waals surface area contributed by atoms with Crippen LogP contribution in [0.2, 0.25) is 5.02 Å². The van der Waals surface area contributed by atoms with E-state index in [0.29, 0.717) is 19.0 Å². The smallest absolute Gasteiger partial charge is 0.221 e. The highest BCUT2D eigenvalue weighted by molar-refractivity contribution is 6.30. The van der Waals surface area contributed by atoms with Gasteiger partial charge in [0.1, 0.15) is 0 Å². The molecule has 0 heterocycles. The molecule has 1 fully saturated rings. The number of carbonyl (C=O) groups excluding carboxylic acids is 1. The molecular formula is C14H19ClN2O. The Morgan fingerprint density at radius 1 is 1.39 bits per heavy atom. The van der Waals surface area contributed by atoms with E-state index in [0.717, 1.165) is 17.9 Å². The molecule has 18 heavy (non-hydrogen) atoms. The van der Waals surface area contributed by atoms with E-state index in [1.807, 2.05) is 24.3 Å². The van der Waals surface area contributed by atoms with Crippen molar-refractivity contribution in [3.63, 3.8) is 0 Å². The molecule has 1 aliphatic carbocycles. The largest absolute Gasteiger partial charge is 0.353 e. The first-order chi connectivity index (χ1) is 8.65. The van der Waals surface area contributed by atoms with E-state index < -0.39 is 0 Å². The lowest BCUT2D eigenvalue weighted by molar-refractivity contribution is -0.121. The Balaban J connectivity index is 1.68. The molecule has 1 aromatic rings. The Morgan fingerprint density at radius 3 is 2.67 bits per heavy atom. The molecule has 0 aromatic heterocycles. The Labute approximate surface area is 113 Å². The van der Waals surface area contributed by atoms with Crippen LogP contribution in [0.15, 0.2) is 24.3 Å². The van der Waals surface area contributed by atoms with Gasteiger partial charge in [-0.25, -0.2) is 0 Å². The molecule has 1 amide bonds. The van der Waals surface area contributed by atoms with Gasteiger partial charge in [0.2, 0.25) is 5.91 Å². The number of amides is 1. The highest BCUT2D eigenvalue weighted by Gasteiger charge is 2.22. The van der Waals surface area contributed by atoms with Crippen molar-refractivity contribution < 1.29 is 4.79 Å². The summed E-state index contributed by atoms with van der Waals surface area (Å²) in [6, 6.07) is 8.46. The summed E-state index contributed by atoms with van der Waals surface area (Å²) in [5.74, 6) is 0.147. The van der Waals surface area contributed by atoms with E-state index in [4.69, 9.17) is 11.6 Å². The molecule has 1 saturated carbocycles. The maximum atomic E-state index is 11.5. The number of nitrogens with one attached hydrogen (secondary N) is 2. The van der Waals surface area contributed by atoms with Crippen molar-refractivity contribution in [3.8, 4) is 0 Å². The van der Waals surface area contributed by atoms with Crippen LogP contribution in [0.1, 0.15) is 37.8 Å². The SMILES string of the molecule is C[C@H](NCCC(=O)NC1CC1)c1ccc(Cl)cc1. The average Bonchev–Trinajstić information content (AvgIpc) is 3.13. The Bertz CT molecular complexity index is 401. The van der Waals surface area contributed by atoms with Gasteiger partial charge in [0.15, 0.2) is 0 Å². The maximum Gasteiger partial charge on any atom is 0.221 e. The second-order valence-corrected chi connectivity index (χ2v) is 5.26. The lowest BCUT2D eigenvalue weighted by atomic mass is 10.1. The Morgan fingerprint density at radius 2 is 2.06 bits per heavy atom. The summed E-state index contributed by atoms with van der Waals surface area (Å²) in [5.41, 5.74) is 1.18. The first-order valence-electron chi connectivity index (χ1n) is 6.43. The lowest BCUT2D eigenvalue weighted by Crippen LogP contribution is -2.30. The van der Waals surface area contributed by atoms with Crippen LogP contribution in [-0.2, 0) is 4.79 Å². The fraction of sp³-hybridized carbons (Fsp3) is 0.500. The predicted molar refractivity (Wildman–Crippen MR) is 73.7 cm³/mol. The number of hydrogen-bond acceptors (Lipinski definition) is 2. The van der Waals surface area contributed by atoms with Gasteiger partial charge in [0.25, 0.3) is 0 Å². The van der Waals surface area contributed by atoms with E-state index in [9.17, 15) is 4.79 Å². The monoisotopic (exact) mass is 266 g/mol. The minimum Gasteiger partial charge on any atom is -0.353 e. The van der Waals surface area contributed by atoms with Crippen LogP contribution in [0.3, 0.4) is 0 Å². The molecule has 1 atom stereocenters. The van der Waals surface area contributed by atoms with Gasteiger partial charge in [-0.1, -0.05) is 23.7 Å². The first-order valence-corrected chi connectivity index (χ1v) is 6.81. The van der Waals surface area contributed by atoms with Crippen LogP contribution in [-0.4, -0.2) is 18.5 Å². The van der Waals surface area contributed by atoms with Crippen LogP contribution in [0.5, 0.6) is 0 Å². The topological polar surface area (TPSA) is 41.1 Å². The third-order valence-electron chi connectivity index (χ3n) is 3.12. The fourth-order valence-electron chi connectivity index (χ4n) is 1.80. The average molecular weight is 267 g/mol. The number of benzene rings is 1. The number of halogens is 1. The number of rotatable bonds is 6. The van der Waals surface area contributed by atoms with Crippen molar-refractivity contribution in [2.45, 2.75) is 38.3 Å². The predicted octanol–water partition coefficient (Wildman–Crippen LogP) is 2.66. The van der Waals surface area contributed by atoms with Crippen LogP contribution in [0.4, 0.5) is 0 Å². The molecule has 2 rings (SSSR count). The van der Waals surface area contributed by atoms with Crippen molar-refractivity contribution in [1.82, 2.24) is 10.6 Å². The summed E-state index contributed by atoms with van der Waals surface area (Å²) in [5, 5.41) is 7.06. The molecule has 0 spiro atoms. The molecule has 1 aromatic carbocycles. The van der Waals surface area contributed by atoms with Gasteiger partial charge in [0.05, 0.1) is 0 Å². The molecule has 0 aliphatic heterocycles.